The van der Waals surface area contributed by atoms with E-state index < -0.39 is 6.16 Å². The maximum atomic E-state index is 11.0. The Kier molecular flexibility index (Phi) is 2.55. The fourth-order valence-electron chi connectivity index (χ4n) is 1.53. The third-order valence-corrected chi connectivity index (χ3v) is 2.26. The fraction of sp³-hybridized carbons (Fsp3) is 0.900. The molecule has 0 N–H and O–H groups in total. The molecular formula is C10H18O3. The smallest absolute Gasteiger partial charge is 0.427 e. The van der Waals surface area contributed by atoms with Gasteiger partial charge in [-0.2, -0.15) is 0 Å². The van der Waals surface area contributed by atoms with Crippen LogP contribution in [0, 0.1) is 11.3 Å². The van der Waals surface area contributed by atoms with Crippen LogP contribution in [0.5, 0.6) is 0 Å². The van der Waals surface area contributed by atoms with Gasteiger partial charge in [-0.05, 0) is 5.92 Å². The third kappa shape index (κ3) is 2.14. The van der Waals surface area contributed by atoms with Crippen LogP contribution in [0.25, 0.3) is 0 Å². The van der Waals surface area contributed by atoms with Gasteiger partial charge in [0.15, 0.2) is 0 Å². The Bertz CT molecular complexity index is 203. The van der Waals surface area contributed by atoms with Gasteiger partial charge in [-0.3, -0.25) is 0 Å². The van der Waals surface area contributed by atoms with Crippen molar-refractivity contribution >= 4 is 6.16 Å². The van der Waals surface area contributed by atoms with E-state index in [-0.39, 0.29) is 17.6 Å². The molecule has 0 spiro atoms. The summed E-state index contributed by atoms with van der Waals surface area (Å²) in [7, 11) is 0. The fourth-order valence-corrected chi connectivity index (χ4v) is 1.53. The molecule has 0 amide bonds. The first-order valence-electron chi connectivity index (χ1n) is 4.69. The number of rotatable bonds is 1. The van der Waals surface area contributed by atoms with Crippen molar-refractivity contribution in [3.63, 3.8) is 0 Å². The lowest BCUT2D eigenvalue weighted by molar-refractivity contribution is 0.0336. The normalized spacial score (nSPS) is 28.9. The molecule has 0 aromatic carbocycles. The molecule has 76 valence electrons. The molecule has 0 unspecified atom stereocenters. The van der Waals surface area contributed by atoms with E-state index in [0.717, 1.165) is 0 Å². The average Bonchev–Trinajstić information content (AvgIpc) is 2.29. The Morgan fingerprint density at radius 2 is 1.77 bits per heavy atom. The molecule has 0 bridgehead atoms. The standard InChI is InChI=1S/C10H18O3/c1-6(2)7-8(10(3,4)5)13-9(11)12-7/h6-8H,1-5H3/t7-,8-/m0/s1. The molecule has 1 aliphatic heterocycles. The third-order valence-electron chi connectivity index (χ3n) is 2.26. The summed E-state index contributed by atoms with van der Waals surface area (Å²) in [5, 5.41) is 0. The Morgan fingerprint density at radius 1 is 1.23 bits per heavy atom. The molecule has 1 fully saturated rings. The number of carbonyl (C=O) groups excluding carboxylic acids is 1. The van der Waals surface area contributed by atoms with Gasteiger partial charge in [0.2, 0.25) is 0 Å². The van der Waals surface area contributed by atoms with Gasteiger partial charge >= 0.3 is 6.16 Å². The van der Waals surface area contributed by atoms with E-state index in [1.54, 1.807) is 0 Å². The van der Waals surface area contributed by atoms with Gasteiger partial charge in [0.25, 0.3) is 0 Å². The summed E-state index contributed by atoms with van der Waals surface area (Å²) in [4.78, 5) is 11.0. The Balaban J connectivity index is 2.78. The number of carbonyl (C=O) groups is 1. The molecule has 0 aromatic heterocycles. The van der Waals surface area contributed by atoms with Crippen molar-refractivity contribution in [1.29, 1.82) is 0 Å². The Hall–Kier alpha value is -0.730. The van der Waals surface area contributed by atoms with Gasteiger partial charge in [-0.15, -0.1) is 0 Å². The van der Waals surface area contributed by atoms with Crippen molar-refractivity contribution in [3.05, 3.63) is 0 Å². The summed E-state index contributed by atoms with van der Waals surface area (Å²) < 4.78 is 10.2. The minimum Gasteiger partial charge on any atom is -0.427 e. The zero-order valence-electron chi connectivity index (χ0n) is 8.96. The van der Waals surface area contributed by atoms with Crippen LogP contribution in [0.2, 0.25) is 0 Å². The van der Waals surface area contributed by atoms with Crippen LogP contribution in [0.3, 0.4) is 0 Å². The summed E-state index contributed by atoms with van der Waals surface area (Å²) in [6, 6.07) is 0. The van der Waals surface area contributed by atoms with E-state index in [4.69, 9.17) is 9.47 Å². The maximum absolute atomic E-state index is 11.0. The van der Waals surface area contributed by atoms with Crippen molar-refractivity contribution in [2.75, 3.05) is 0 Å². The molecule has 0 aliphatic carbocycles. The van der Waals surface area contributed by atoms with Gasteiger partial charge in [-0.25, -0.2) is 4.79 Å². The first-order valence-corrected chi connectivity index (χ1v) is 4.69. The van der Waals surface area contributed by atoms with E-state index in [1.807, 2.05) is 13.8 Å². The molecule has 0 aromatic rings. The van der Waals surface area contributed by atoms with Crippen LogP contribution in [-0.2, 0) is 9.47 Å². The SMILES string of the molecule is CC(C)[C@@H]1OC(=O)O[C@@H]1C(C)(C)C. The Labute approximate surface area is 79.4 Å². The predicted molar refractivity (Wildman–Crippen MR) is 49.4 cm³/mol. The van der Waals surface area contributed by atoms with Gasteiger partial charge in [0.1, 0.15) is 12.2 Å². The largest absolute Gasteiger partial charge is 0.509 e. The summed E-state index contributed by atoms with van der Waals surface area (Å²) in [5.41, 5.74) is -0.0545. The molecule has 2 atom stereocenters. The second-order valence-corrected chi connectivity index (χ2v) is 4.98. The van der Waals surface area contributed by atoms with Gasteiger partial charge < -0.3 is 9.47 Å². The molecule has 1 heterocycles. The van der Waals surface area contributed by atoms with Crippen LogP contribution in [0.1, 0.15) is 34.6 Å². The first kappa shape index (κ1) is 10.4. The van der Waals surface area contributed by atoms with Crippen LogP contribution in [-0.4, -0.2) is 18.4 Å². The van der Waals surface area contributed by atoms with Crippen LogP contribution < -0.4 is 0 Å². The van der Waals surface area contributed by atoms with Crippen molar-refractivity contribution in [2.45, 2.75) is 46.8 Å². The Morgan fingerprint density at radius 3 is 2.08 bits per heavy atom. The quantitative estimate of drug-likeness (QED) is 0.590. The molecule has 13 heavy (non-hydrogen) atoms. The van der Waals surface area contributed by atoms with Crippen LogP contribution in [0.4, 0.5) is 4.79 Å². The summed E-state index contributed by atoms with van der Waals surface area (Å²) >= 11 is 0. The van der Waals surface area contributed by atoms with Gasteiger partial charge in [-0.1, -0.05) is 34.6 Å². The predicted octanol–water partition coefficient (Wildman–Crippen LogP) is 2.59. The molecule has 0 radical (unpaired) electrons. The van der Waals surface area contributed by atoms with Gasteiger partial charge in [0, 0.05) is 5.41 Å². The van der Waals surface area contributed by atoms with Crippen LogP contribution >= 0.6 is 0 Å². The van der Waals surface area contributed by atoms with E-state index in [9.17, 15) is 4.79 Å². The lowest BCUT2D eigenvalue weighted by atomic mass is 9.82. The minimum absolute atomic E-state index is 0.0545. The second-order valence-electron chi connectivity index (χ2n) is 4.98. The van der Waals surface area contributed by atoms with Crippen molar-refractivity contribution in [1.82, 2.24) is 0 Å². The molecule has 1 rings (SSSR count). The highest BCUT2D eigenvalue weighted by Crippen LogP contribution is 2.34. The summed E-state index contributed by atoms with van der Waals surface area (Å²) in [6.45, 7) is 10.2. The summed E-state index contributed by atoms with van der Waals surface area (Å²) in [6.07, 6.45) is -0.758. The zero-order chi connectivity index (χ0) is 10.2. The number of ether oxygens (including phenoxy) is 2. The van der Waals surface area contributed by atoms with E-state index in [1.165, 1.54) is 0 Å². The van der Waals surface area contributed by atoms with Gasteiger partial charge in [0.05, 0.1) is 0 Å². The average molecular weight is 186 g/mol. The number of cyclic esters (lactones) is 2. The highest BCUT2D eigenvalue weighted by Gasteiger charge is 2.45. The lowest BCUT2D eigenvalue weighted by Gasteiger charge is -2.29. The number of hydrogen-bond donors (Lipinski definition) is 0. The van der Waals surface area contributed by atoms with Crippen molar-refractivity contribution in [2.24, 2.45) is 11.3 Å². The second kappa shape index (κ2) is 3.20. The van der Waals surface area contributed by atoms with Crippen molar-refractivity contribution in [3.8, 4) is 0 Å². The zero-order valence-corrected chi connectivity index (χ0v) is 8.96. The number of hydrogen-bond acceptors (Lipinski definition) is 3. The highest BCUT2D eigenvalue weighted by molar-refractivity contribution is 5.62. The first-order chi connectivity index (χ1) is 5.82. The highest BCUT2D eigenvalue weighted by atomic mass is 16.8. The molecule has 3 heteroatoms. The van der Waals surface area contributed by atoms with E-state index in [2.05, 4.69) is 20.8 Å². The topological polar surface area (TPSA) is 35.5 Å². The minimum atomic E-state index is -0.529. The molecule has 1 saturated heterocycles. The lowest BCUT2D eigenvalue weighted by Crippen LogP contribution is -2.38. The summed E-state index contributed by atoms with van der Waals surface area (Å²) in [5.74, 6) is 0.302. The maximum Gasteiger partial charge on any atom is 0.509 e. The molecule has 1 aliphatic rings. The molecule has 0 saturated carbocycles. The van der Waals surface area contributed by atoms with Crippen molar-refractivity contribution < 1.29 is 14.3 Å². The van der Waals surface area contributed by atoms with E-state index in [0.29, 0.717) is 5.92 Å². The molecular weight excluding hydrogens is 168 g/mol. The monoisotopic (exact) mass is 186 g/mol. The molecule has 3 nitrogen and oxygen atoms in total. The van der Waals surface area contributed by atoms with Crippen LogP contribution in [0.15, 0.2) is 0 Å². The van der Waals surface area contributed by atoms with E-state index >= 15 is 0 Å².